The van der Waals surface area contributed by atoms with Crippen molar-refractivity contribution in [1.82, 2.24) is 10.2 Å². The Bertz CT molecular complexity index is 476. The van der Waals surface area contributed by atoms with E-state index in [-0.39, 0.29) is 6.10 Å². The van der Waals surface area contributed by atoms with E-state index < -0.39 is 0 Å². The van der Waals surface area contributed by atoms with Gasteiger partial charge < -0.3 is 20.2 Å². The van der Waals surface area contributed by atoms with Crippen molar-refractivity contribution >= 4 is 5.69 Å². The lowest BCUT2D eigenvalue weighted by molar-refractivity contribution is 0.145. The number of likely N-dealkylation sites (tertiary alicyclic amines) is 1. The van der Waals surface area contributed by atoms with Crippen LogP contribution in [0.2, 0.25) is 0 Å². The van der Waals surface area contributed by atoms with E-state index >= 15 is 0 Å². The average molecular weight is 332 g/mol. The first-order valence-corrected chi connectivity index (χ1v) is 9.71. The van der Waals surface area contributed by atoms with Gasteiger partial charge in [-0.15, -0.1) is 0 Å². The highest BCUT2D eigenvalue weighted by Gasteiger charge is 2.17. The van der Waals surface area contributed by atoms with Crippen LogP contribution in [0.3, 0.4) is 0 Å². The second-order valence-corrected chi connectivity index (χ2v) is 7.39. The highest BCUT2D eigenvalue weighted by molar-refractivity contribution is 5.48. The Kier molecular flexibility index (Phi) is 6.52. The molecule has 2 aliphatic heterocycles. The second-order valence-electron chi connectivity index (χ2n) is 7.39. The number of aliphatic hydroxyl groups excluding tert-OH is 1. The summed E-state index contributed by atoms with van der Waals surface area (Å²) in [4.78, 5) is 4.96. The predicted octanol–water partition coefficient (Wildman–Crippen LogP) is 2.78. The smallest absolute Gasteiger partial charge is 0.0574 e. The second kappa shape index (κ2) is 8.84. The summed E-state index contributed by atoms with van der Waals surface area (Å²) in [7, 11) is 0. The quantitative estimate of drug-likeness (QED) is 0.754. The largest absolute Gasteiger partial charge is 0.393 e. The summed E-state index contributed by atoms with van der Waals surface area (Å²) >= 11 is 0. The number of piperidine rings is 1. The molecule has 1 atom stereocenters. The van der Waals surface area contributed by atoms with Crippen LogP contribution in [0, 0.1) is 0 Å². The Morgan fingerprint density at radius 2 is 1.75 bits per heavy atom. The summed E-state index contributed by atoms with van der Waals surface area (Å²) in [6, 6.07) is 9.36. The Labute approximate surface area is 146 Å². The minimum Gasteiger partial charge on any atom is -0.393 e. The molecule has 2 saturated heterocycles. The van der Waals surface area contributed by atoms with Gasteiger partial charge in [-0.2, -0.15) is 0 Å². The van der Waals surface area contributed by atoms with Crippen LogP contribution in [-0.2, 0) is 0 Å². The van der Waals surface area contributed by atoms with E-state index in [1.807, 2.05) is 0 Å². The van der Waals surface area contributed by atoms with Crippen LogP contribution >= 0.6 is 0 Å². The van der Waals surface area contributed by atoms with Crippen molar-refractivity contribution in [3.8, 4) is 0 Å². The molecule has 24 heavy (non-hydrogen) atoms. The fourth-order valence-electron chi connectivity index (χ4n) is 3.84. The summed E-state index contributed by atoms with van der Waals surface area (Å²) in [5.41, 5.74) is 2.64. The first kappa shape index (κ1) is 17.7. The van der Waals surface area contributed by atoms with Gasteiger partial charge in [0.15, 0.2) is 0 Å². The zero-order valence-corrected chi connectivity index (χ0v) is 15.1. The fraction of sp³-hybridized carbons (Fsp3) is 0.700. The Hall–Kier alpha value is -1.10. The van der Waals surface area contributed by atoms with Gasteiger partial charge in [-0.25, -0.2) is 0 Å². The molecule has 0 amide bonds. The maximum atomic E-state index is 9.62. The molecule has 2 N–H and O–H groups in total. The summed E-state index contributed by atoms with van der Waals surface area (Å²) in [6.07, 6.45) is 5.66. The van der Waals surface area contributed by atoms with Crippen LogP contribution in [0.15, 0.2) is 24.3 Å². The number of rotatable bonds is 7. The molecular weight excluding hydrogens is 298 g/mol. The van der Waals surface area contributed by atoms with Crippen LogP contribution in [0.5, 0.6) is 0 Å². The molecule has 0 radical (unpaired) electrons. The first-order valence-electron chi connectivity index (χ1n) is 9.71. The van der Waals surface area contributed by atoms with E-state index in [1.54, 1.807) is 0 Å². The third-order valence-corrected chi connectivity index (χ3v) is 5.52. The number of anilines is 1. The van der Waals surface area contributed by atoms with Gasteiger partial charge in [-0.1, -0.05) is 12.1 Å². The van der Waals surface area contributed by atoms with Crippen LogP contribution in [0.1, 0.15) is 50.6 Å². The molecule has 4 nitrogen and oxygen atoms in total. The van der Waals surface area contributed by atoms with E-state index in [2.05, 4.69) is 46.3 Å². The number of nitrogens with zero attached hydrogens (tertiary/aromatic N) is 2. The zero-order chi connectivity index (χ0) is 16.8. The third kappa shape index (κ3) is 4.95. The van der Waals surface area contributed by atoms with Gasteiger partial charge in [-0.05, 0) is 82.9 Å². The van der Waals surface area contributed by atoms with Gasteiger partial charge in [0.1, 0.15) is 0 Å². The van der Waals surface area contributed by atoms with Crippen molar-refractivity contribution in [3.05, 3.63) is 29.8 Å². The number of benzene rings is 1. The molecule has 4 heteroatoms. The number of hydrogen-bond donors (Lipinski definition) is 2. The van der Waals surface area contributed by atoms with Crippen molar-refractivity contribution in [3.63, 3.8) is 0 Å². The summed E-state index contributed by atoms with van der Waals surface area (Å²) in [6.45, 7) is 9.09. The zero-order valence-electron chi connectivity index (χ0n) is 15.1. The molecule has 0 aromatic heterocycles. The number of hydrogen-bond acceptors (Lipinski definition) is 4. The highest BCUT2D eigenvalue weighted by atomic mass is 16.3. The molecule has 134 valence electrons. The molecule has 1 aromatic carbocycles. The Morgan fingerprint density at radius 3 is 2.42 bits per heavy atom. The van der Waals surface area contributed by atoms with Crippen molar-refractivity contribution in [2.24, 2.45) is 0 Å². The van der Waals surface area contributed by atoms with Crippen molar-refractivity contribution in [2.45, 2.75) is 51.2 Å². The van der Waals surface area contributed by atoms with Gasteiger partial charge in [0.2, 0.25) is 0 Å². The lowest BCUT2D eigenvalue weighted by atomic mass is 10.0. The van der Waals surface area contributed by atoms with E-state index in [1.165, 1.54) is 50.1 Å². The predicted molar refractivity (Wildman–Crippen MR) is 101 cm³/mol. The van der Waals surface area contributed by atoms with E-state index in [9.17, 15) is 5.11 Å². The topological polar surface area (TPSA) is 38.7 Å². The monoisotopic (exact) mass is 331 g/mol. The van der Waals surface area contributed by atoms with Gasteiger partial charge in [0, 0.05) is 24.8 Å². The minimum absolute atomic E-state index is 0.106. The third-order valence-electron chi connectivity index (χ3n) is 5.52. The molecular formula is C20H33N3O. The molecule has 1 aromatic rings. The molecule has 0 spiro atoms. The van der Waals surface area contributed by atoms with Crippen molar-refractivity contribution < 1.29 is 5.11 Å². The first-order chi connectivity index (χ1) is 11.7. The Balaban J connectivity index is 1.40. The Morgan fingerprint density at radius 1 is 1.08 bits per heavy atom. The molecule has 2 heterocycles. The average Bonchev–Trinajstić information content (AvgIpc) is 3.13. The van der Waals surface area contributed by atoms with Gasteiger partial charge >= 0.3 is 0 Å². The molecule has 0 saturated carbocycles. The maximum Gasteiger partial charge on any atom is 0.0574 e. The highest BCUT2D eigenvalue weighted by Crippen LogP contribution is 2.22. The fourth-order valence-corrected chi connectivity index (χ4v) is 3.84. The SMILES string of the molecule is CC(NCCCN1CCCC1)c1ccc(N2CCC(O)CC2)cc1. The number of aliphatic hydroxyl groups is 1. The lowest BCUT2D eigenvalue weighted by Gasteiger charge is -2.31. The van der Waals surface area contributed by atoms with Gasteiger partial charge in [0.25, 0.3) is 0 Å². The summed E-state index contributed by atoms with van der Waals surface area (Å²) in [5, 5.41) is 13.3. The van der Waals surface area contributed by atoms with Gasteiger partial charge in [-0.3, -0.25) is 0 Å². The van der Waals surface area contributed by atoms with Crippen LogP contribution < -0.4 is 10.2 Å². The van der Waals surface area contributed by atoms with Gasteiger partial charge in [0.05, 0.1) is 6.10 Å². The molecule has 2 fully saturated rings. The van der Waals surface area contributed by atoms with E-state index in [0.29, 0.717) is 6.04 Å². The molecule has 1 unspecified atom stereocenters. The van der Waals surface area contributed by atoms with Crippen LogP contribution in [0.4, 0.5) is 5.69 Å². The molecule has 0 aliphatic carbocycles. The number of nitrogens with one attached hydrogen (secondary N) is 1. The van der Waals surface area contributed by atoms with E-state index in [0.717, 1.165) is 32.5 Å². The molecule has 3 rings (SSSR count). The summed E-state index contributed by atoms with van der Waals surface area (Å²) < 4.78 is 0. The summed E-state index contributed by atoms with van der Waals surface area (Å²) in [5.74, 6) is 0. The van der Waals surface area contributed by atoms with Crippen LogP contribution in [0.25, 0.3) is 0 Å². The molecule has 0 bridgehead atoms. The van der Waals surface area contributed by atoms with Crippen molar-refractivity contribution in [2.75, 3.05) is 44.2 Å². The minimum atomic E-state index is -0.106. The maximum absolute atomic E-state index is 9.62. The van der Waals surface area contributed by atoms with E-state index in [4.69, 9.17) is 0 Å². The molecule has 2 aliphatic rings. The van der Waals surface area contributed by atoms with Crippen LogP contribution in [-0.4, -0.2) is 55.4 Å². The van der Waals surface area contributed by atoms with Crippen molar-refractivity contribution in [1.29, 1.82) is 0 Å². The lowest BCUT2D eigenvalue weighted by Crippen LogP contribution is -2.35. The normalized spacial score (nSPS) is 21.3. The standard InChI is InChI=1S/C20H33N3O/c1-17(21-11-4-14-22-12-2-3-13-22)18-5-7-19(8-6-18)23-15-9-20(24)10-16-23/h5-8,17,20-21,24H,2-4,9-16H2,1H3.